The monoisotopic (exact) mass is 314 g/mol. The lowest BCUT2D eigenvalue weighted by molar-refractivity contribution is 0.0862. The van der Waals surface area contributed by atoms with E-state index in [0.29, 0.717) is 0 Å². The summed E-state index contributed by atoms with van der Waals surface area (Å²) in [6.45, 7) is -1.72. The second-order valence-corrected chi connectivity index (χ2v) is 4.36. The molecular weight excluding hydrogens is 296 g/mol. The Bertz CT molecular complexity index is 442. The Hall–Kier alpha value is -2.14. The number of hydrogen-bond donors (Lipinski definition) is 6. The number of amides is 2. The third-order valence-corrected chi connectivity index (χ3v) is 2.67. The summed E-state index contributed by atoms with van der Waals surface area (Å²) < 4.78 is 0. The van der Waals surface area contributed by atoms with Gasteiger partial charge < -0.3 is 31.1 Å². The van der Waals surface area contributed by atoms with Gasteiger partial charge in [-0.25, -0.2) is 9.97 Å². The van der Waals surface area contributed by atoms with Crippen molar-refractivity contribution in [2.24, 2.45) is 0 Å². The van der Waals surface area contributed by atoms with Gasteiger partial charge in [-0.15, -0.1) is 0 Å². The van der Waals surface area contributed by atoms with E-state index in [-0.39, 0.29) is 11.4 Å². The highest BCUT2D eigenvalue weighted by Crippen LogP contribution is 1.98. The zero-order valence-electron chi connectivity index (χ0n) is 11.6. The summed E-state index contributed by atoms with van der Waals surface area (Å²) in [5.74, 6) is -1.31. The van der Waals surface area contributed by atoms with Crippen LogP contribution >= 0.6 is 0 Å². The lowest BCUT2D eigenvalue weighted by Crippen LogP contribution is -2.41. The highest BCUT2D eigenvalue weighted by Gasteiger charge is 2.16. The van der Waals surface area contributed by atoms with E-state index in [2.05, 4.69) is 20.6 Å². The fraction of sp³-hybridized carbons (Fsp3) is 0.500. The first kappa shape index (κ1) is 17.9. The van der Waals surface area contributed by atoms with Crippen LogP contribution in [-0.4, -0.2) is 80.7 Å². The maximum Gasteiger partial charge on any atom is 0.271 e. The van der Waals surface area contributed by atoms with Crippen LogP contribution in [0.4, 0.5) is 0 Å². The molecule has 10 heteroatoms. The van der Waals surface area contributed by atoms with E-state index in [1.807, 2.05) is 0 Å². The molecule has 1 rings (SSSR count). The lowest BCUT2D eigenvalue weighted by Gasteiger charge is -2.13. The SMILES string of the molecule is O=C(NC(CO)CO)c1cnc(C(=O)NC(CO)CO)cn1. The minimum Gasteiger partial charge on any atom is -0.394 e. The van der Waals surface area contributed by atoms with Crippen molar-refractivity contribution in [3.05, 3.63) is 23.8 Å². The van der Waals surface area contributed by atoms with Gasteiger partial charge in [0.1, 0.15) is 11.4 Å². The molecule has 1 aromatic rings. The van der Waals surface area contributed by atoms with E-state index < -0.39 is 50.3 Å². The summed E-state index contributed by atoms with van der Waals surface area (Å²) in [4.78, 5) is 31.0. The lowest BCUT2D eigenvalue weighted by atomic mass is 10.3. The van der Waals surface area contributed by atoms with E-state index >= 15 is 0 Å². The molecular formula is C12H18N4O6. The van der Waals surface area contributed by atoms with Gasteiger partial charge in [-0.05, 0) is 0 Å². The van der Waals surface area contributed by atoms with Gasteiger partial charge in [0.05, 0.1) is 50.9 Å². The number of hydrogen-bond acceptors (Lipinski definition) is 8. The van der Waals surface area contributed by atoms with Crippen molar-refractivity contribution >= 4 is 11.8 Å². The Morgan fingerprint density at radius 1 is 0.818 bits per heavy atom. The predicted octanol–water partition coefficient (Wildman–Crippen LogP) is -3.36. The number of carbonyl (C=O) groups excluding carboxylic acids is 2. The number of aromatic nitrogens is 2. The van der Waals surface area contributed by atoms with Gasteiger partial charge in [0.25, 0.3) is 11.8 Å². The normalized spacial score (nSPS) is 10.8. The summed E-state index contributed by atoms with van der Waals surface area (Å²) in [6.07, 6.45) is 2.12. The Kier molecular flexibility index (Phi) is 7.32. The molecule has 0 fully saturated rings. The van der Waals surface area contributed by atoms with Crippen molar-refractivity contribution in [3.8, 4) is 0 Å². The van der Waals surface area contributed by atoms with Crippen LogP contribution < -0.4 is 10.6 Å². The van der Waals surface area contributed by atoms with Gasteiger partial charge in [-0.1, -0.05) is 0 Å². The molecule has 2 amide bonds. The van der Waals surface area contributed by atoms with Crippen LogP contribution in [0, 0.1) is 0 Å². The van der Waals surface area contributed by atoms with E-state index in [1.165, 1.54) is 0 Å². The fourth-order valence-electron chi connectivity index (χ4n) is 1.38. The molecule has 0 aliphatic rings. The number of carbonyl (C=O) groups is 2. The van der Waals surface area contributed by atoms with Crippen molar-refractivity contribution < 1.29 is 30.0 Å². The summed E-state index contributed by atoms with van der Waals surface area (Å²) in [5, 5.41) is 40.1. The minimum atomic E-state index is -0.813. The molecule has 0 aromatic carbocycles. The number of nitrogens with one attached hydrogen (secondary N) is 2. The highest BCUT2D eigenvalue weighted by molar-refractivity contribution is 5.94. The summed E-state index contributed by atoms with van der Waals surface area (Å²) >= 11 is 0. The molecule has 0 bridgehead atoms. The summed E-state index contributed by atoms with van der Waals surface area (Å²) in [5.41, 5.74) is -0.186. The minimum absolute atomic E-state index is 0.0932. The second kappa shape index (κ2) is 9.00. The van der Waals surface area contributed by atoms with Crippen LogP contribution in [0.25, 0.3) is 0 Å². The molecule has 0 saturated carbocycles. The average Bonchev–Trinajstić information content (AvgIpc) is 2.57. The molecule has 1 heterocycles. The molecule has 0 saturated heterocycles. The van der Waals surface area contributed by atoms with Crippen LogP contribution in [0.5, 0.6) is 0 Å². The molecule has 0 aliphatic carbocycles. The van der Waals surface area contributed by atoms with Gasteiger partial charge in [0.15, 0.2) is 0 Å². The predicted molar refractivity (Wildman–Crippen MR) is 72.9 cm³/mol. The van der Waals surface area contributed by atoms with Crippen molar-refractivity contribution in [1.29, 1.82) is 0 Å². The standard InChI is InChI=1S/C12H18N4O6/c17-3-7(4-18)15-11(21)9-1-13-10(2-14-9)12(22)16-8(5-19)6-20/h1-2,7-8,17-20H,3-6H2,(H,15,21)(H,16,22). The zero-order valence-corrected chi connectivity index (χ0v) is 11.6. The Labute approximate surface area is 125 Å². The van der Waals surface area contributed by atoms with E-state index in [0.717, 1.165) is 12.4 Å². The molecule has 0 aliphatic heterocycles. The van der Waals surface area contributed by atoms with Gasteiger partial charge in [0.2, 0.25) is 0 Å². The maximum atomic E-state index is 11.7. The molecule has 22 heavy (non-hydrogen) atoms. The van der Waals surface area contributed by atoms with Gasteiger partial charge >= 0.3 is 0 Å². The first-order valence-electron chi connectivity index (χ1n) is 6.42. The molecule has 0 atom stereocenters. The summed E-state index contributed by atoms with van der Waals surface area (Å²) in [7, 11) is 0. The largest absolute Gasteiger partial charge is 0.394 e. The van der Waals surface area contributed by atoms with Gasteiger partial charge in [0, 0.05) is 0 Å². The average molecular weight is 314 g/mol. The Balaban J connectivity index is 2.69. The third-order valence-electron chi connectivity index (χ3n) is 2.67. The van der Waals surface area contributed by atoms with Crippen LogP contribution in [0.3, 0.4) is 0 Å². The van der Waals surface area contributed by atoms with Gasteiger partial charge in [-0.3, -0.25) is 9.59 Å². The molecule has 10 nitrogen and oxygen atoms in total. The van der Waals surface area contributed by atoms with Crippen LogP contribution in [0.1, 0.15) is 21.0 Å². The number of rotatable bonds is 8. The first-order chi connectivity index (χ1) is 10.5. The van der Waals surface area contributed by atoms with Gasteiger partial charge in [-0.2, -0.15) is 0 Å². The topological polar surface area (TPSA) is 165 Å². The number of aliphatic hydroxyl groups excluding tert-OH is 4. The van der Waals surface area contributed by atoms with Crippen LogP contribution in [0.15, 0.2) is 12.4 Å². The fourth-order valence-corrected chi connectivity index (χ4v) is 1.38. The smallest absolute Gasteiger partial charge is 0.271 e. The molecule has 0 spiro atoms. The van der Waals surface area contributed by atoms with Crippen molar-refractivity contribution in [2.45, 2.75) is 12.1 Å². The maximum absolute atomic E-state index is 11.7. The molecule has 6 N–H and O–H groups in total. The van der Waals surface area contributed by atoms with Crippen molar-refractivity contribution in [1.82, 2.24) is 20.6 Å². The van der Waals surface area contributed by atoms with Crippen molar-refractivity contribution in [3.63, 3.8) is 0 Å². The number of aliphatic hydroxyl groups is 4. The van der Waals surface area contributed by atoms with E-state index in [1.54, 1.807) is 0 Å². The van der Waals surface area contributed by atoms with E-state index in [9.17, 15) is 9.59 Å². The summed E-state index contributed by atoms with van der Waals surface area (Å²) in [6, 6.07) is -1.63. The Morgan fingerprint density at radius 2 is 1.14 bits per heavy atom. The Morgan fingerprint density at radius 3 is 1.36 bits per heavy atom. The molecule has 1 aromatic heterocycles. The quantitative estimate of drug-likeness (QED) is 0.289. The van der Waals surface area contributed by atoms with Crippen LogP contribution in [0.2, 0.25) is 0 Å². The molecule has 122 valence electrons. The number of nitrogens with zero attached hydrogens (tertiary/aromatic N) is 2. The van der Waals surface area contributed by atoms with Crippen LogP contribution in [-0.2, 0) is 0 Å². The highest BCUT2D eigenvalue weighted by atomic mass is 16.3. The molecule has 0 radical (unpaired) electrons. The zero-order chi connectivity index (χ0) is 16.5. The first-order valence-corrected chi connectivity index (χ1v) is 6.42. The van der Waals surface area contributed by atoms with E-state index in [4.69, 9.17) is 20.4 Å². The third kappa shape index (κ3) is 5.00. The molecule has 0 unspecified atom stereocenters. The van der Waals surface area contributed by atoms with Crippen molar-refractivity contribution in [2.75, 3.05) is 26.4 Å². The second-order valence-electron chi connectivity index (χ2n) is 4.36.